The van der Waals surface area contributed by atoms with Gasteiger partial charge >= 0.3 is 14.8 Å². The quantitative estimate of drug-likeness (QED) is 0.602. The molecular weight excluding hydrogens is 253 g/mol. The minimum atomic E-state index is -1.52. The molecule has 0 radical (unpaired) electrons. The molecule has 19 heavy (non-hydrogen) atoms. The van der Waals surface area contributed by atoms with Crippen LogP contribution in [0.25, 0.3) is 6.08 Å². The summed E-state index contributed by atoms with van der Waals surface area (Å²) in [4.78, 5) is 4.07. The number of allylic oxidation sites excluding steroid dienone is 1. The zero-order valence-electron chi connectivity index (χ0n) is 12.8. The van der Waals surface area contributed by atoms with Crippen molar-refractivity contribution in [3.63, 3.8) is 0 Å². The van der Waals surface area contributed by atoms with Gasteiger partial charge in [-0.15, -0.1) is 0 Å². The first-order valence-electron chi connectivity index (χ1n) is 6.56. The highest BCUT2D eigenvalue weighted by Gasteiger charge is 2.17. The average molecular weight is 277 g/mol. The summed E-state index contributed by atoms with van der Waals surface area (Å²) < 4.78 is 10.9. The van der Waals surface area contributed by atoms with E-state index < -0.39 is 14.8 Å². The van der Waals surface area contributed by atoms with Crippen molar-refractivity contribution < 1.29 is 7.58 Å². The Balaban J connectivity index is 0.00000154. The smallest absolute Gasteiger partial charge is 0.622 e. The van der Waals surface area contributed by atoms with E-state index in [1.54, 1.807) is 14.2 Å². The van der Waals surface area contributed by atoms with Crippen molar-refractivity contribution in [3.05, 3.63) is 35.9 Å². The number of benzene rings is 1. The summed E-state index contributed by atoms with van der Waals surface area (Å²) in [7, 11) is 3.47. The topological polar surface area (TPSA) is 30.8 Å². The molecule has 0 amide bonds. The van der Waals surface area contributed by atoms with Gasteiger partial charge in [-0.05, 0) is 36.5 Å². The molecule has 0 aliphatic heterocycles. The molecule has 0 unspecified atom stereocenters. The van der Waals surface area contributed by atoms with Crippen LogP contribution in [0.4, 0.5) is 0 Å². The van der Waals surface area contributed by atoms with Crippen LogP contribution in [0.2, 0.25) is 5.79 Å². The molecule has 0 aromatic heterocycles. The average Bonchev–Trinajstić information content (AvgIpc) is 2.47. The molecule has 0 N–H and O–H groups in total. The van der Waals surface area contributed by atoms with Gasteiger partial charge in [0.15, 0.2) is 0 Å². The lowest BCUT2D eigenvalue weighted by molar-refractivity contribution is 0.341. The molecule has 1 aromatic carbocycles. The van der Waals surface area contributed by atoms with E-state index in [0.717, 1.165) is 17.0 Å². The molecular formula is C15H24AlNO2. The standard InChI is InChI=1S/C11H13NO.C2H6.CH3O.CH3.Al/c1-9(12-2)6-7-10-4-3-5-11(13)8-10;2*1-2;;/h3-8,13H,1-2H3;1-2H3;1H3;1H3;/q;;-1;;+2/p-1/b7-6-,12-9?;;;;. The van der Waals surface area contributed by atoms with E-state index in [0.29, 0.717) is 0 Å². The van der Waals surface area contributed by atoms with Crippen molar-refractivity contribution in [1.29, 1.82) is 0 Å². The minimum Gasteiger partial charge on any atom is -0.622 e. The molecule has 1 aromatic rings. The third-order valence-corrected chi connectivity index (χ3v) is 3.63. The van der Waals surface area contributed by atoms with Crippen LogP contribution >= 0.6 is 0 Å². The van der Waals surface area contributed by atoms with Gasteiger partial charge in [-0.25, -0.2) is 0 Å². The first-order chi connectivity index (χ1) is 9.15. The Labute approximate surface area is 122 Å². The second-order valence-electron chi connectivity index (χ2n) is 3.69. The van der Waals surface area contributed by atoms with E-state index in [1.165, 1.54) is 0 Å². The van der Waals surface area contributed by atoms with E-state index >= 15 is 0 Å². The van der Waals surface area contributed by atoms with Crippen LogP contribution in [0.3, 0.4) is 0 Å². The molecule has 0 saturated carbocycles. The zero-order valence-corrected chi connectivity index (χ0v) is 14.0. The van der Waals surface area contributed by atoms with Crippen molar-refractivity contribution in [2.24, 2.45) is 4.99 Å². The second kappa shape index (κ2) is 10.8. The van der Waals surface area contributed by atoms with Gasteiger partial charge in [0, 0.05) is 19.9 Å². The molecule has 0 bridgehead atoms. The van der Waals surface area contributed by atoms with Crippen molar-refractivity contribution in [3.8, 4) is 5.75 Å². The molecule has 0 fully saturated rings. The van der Waals surface area contributed by atoms with E-state index in [-0.39, 0.29) is 0 Å². The summed E-state index contributed by atoms with van der Waals surface area (Å²) in [5.41, 5.74) is 2.10. The van der Waals surface area contributed by atoms with E-state index in [9.17, 15) is 0 Å². The summed E-state index contributed by atoms with van der Waals surface area (Å²) >= 11 is -1.52. The third kappa shape index (κ3) is 7.84. The Morgan fingerprint density at radius 1 is 1.32 bits per heavy atom. The lowest BCUT2D eigenvalue weighted by atomic mass is 10.2. The predicted octanol–water partition coefficient (Wildman–Crippen LogP) is 3.96. The molecule has 104 valence electrons. The zero-order chi connectivity index (χ0) is 14.7. The minimum absolute atomic E-state index is 0.860. The fraction of sp³-hybridized carbons (Fsp3) is 0.400. The predicted molar refractivity (Wildman–Crippen MR) is 85.1 cm³/mol. The largest absolute Gasteiger partial charge is 0.761 e. The maximum atomic E-state index is 5.69. The summed E-state index contributed by atoms with van der Waals surface area (Å²) in [6, 6.07) is 7.96. The van der Waals surface area contributed by atoms with Crippen LogP contribution in [0.15, 0.2) is 35.3 Å². The molecule has 4 heteroatoms. The highest BCUT2D eigenvalue weighted by molar-refractivity contribution is 6.43. The van der Waals surface area contributed by atoms with Gasteiger partial charge in [-0.1, -0.05) is 32.1 Å². The maximum Gasteiger partial charge on any atom is 0.761 e. The van der Waals surface area contributed by atoms with Gasteiger partial charge in [0.2, 0.25) is 0 Å². The van der Waals surface area contributed by atoms with E-state index in [2.05, 4.69) is 4.99 Å². The molecule has 0 spiro atoms. The summed E-state index contributed by atoms with van der Waals surface area (Å²) in [5.74, 6) is 2.86. The molecule has 0 saturated heterocycles. The van der Waals surface area contributed by atoms with Gasteiger partial charge in [0.05, 0.1) is 5.75 Å². The van der Waals surface area contributed by atoms with Crippen LogP contribution < -0.4 is 3.79 Å². The van der Waals surface area contributed by atoms with Crippen molar-refractivity contribution >= 4 is 26.6 Å². The van der Waals surface area contributed by atoms with Crippen molar-refractivity contribution in [1.82, 2.24) is 0 Å². The van der Waals surface area contributed by atoms with Crippen LogP contribution in [-0.2, 0) is 3.79 Å². The van der Waals surface area contributed by atoms with Crippen LogP contribution in [0.5, 0.6) is 5.75 Å². The molecule has 0 heterocycles. The first-order valence-corrected chi connectivity index (χ1v) is 8.66. The summed E-state index contributed by atoms with van der Waals surface area (Å²) in [6.07, 6.45) is 4.00. The lowest BCUT2D eigenvalue weighted by Gasteiger charge is -2.09. The van der Waals surface area contributed by atoms with Crippen molar-refractivity contribution in [2.75, 3.05) is 14.2 Å². The van der Waals surface area contributed by atoms with Gasteiger partial charge < -0.3 is 7.58 Å². The molecule has 1 rings (SSSR count). The number of nitrogens with zero attached hydrogens (tertiary/aromatic N) is 1. The number of hydrogen-bond donors (Lipinski definition) is 0. The maximum absolute atomic E-state index is 5.69. The second-order valence-corrected chi connectivity index (χ2v) is 5.53. The monoisotopic (exact) mass is 277 g/mol. The third-order valence-electron chi connectivity index (χ3n) is 2.36. The normalized spacial score (nSPS) is 10.9. The van der Waals surface area contributed by atoms with Crippen molar-refractivity contribution in [2.45, 2.75) is 26.6 Å². The fourth-order valence-electron chi connectivity index (χ4n) is 1.22. The van der Waals surface area contributed by atoms with E-state index in [4.69, 9.17) is 7.58 Å². The molecule has 3 nitrogen and oxygen atoms in total. The van der Waals surface area contributed by atoms with Gasteiger partial charge in [0.1, 0.15) is 0 Å². The SMILES string of the molecule is CC.CN=C(C)/C=C\c1cccc([O][Al]([CH3])[O]C)c1. The van der Waals surface area contributed by atoms with Crippen LogP contribution in [0.1, 0.15) is 26.3 Å². The molecule has 0 aliphatic carbocycles. The Bertz CT molecular complexity index is 416. The molecule has 0 atom stereocenters. The Kier molecular flexibility index (Phi) is 10.2. The lowest BCUT2D eigenvalue weighted by Crippen LogP contribution is -2.19. The van der Waals surface area contributed by atoms with Crippen LogP contribution in [-0.4, -0.2) is 34.7 Å². The number of rotatable bonds is 5. The Hall–Kier alpha value is -1.08. The van der Waals surface area contributed by atoms with Gasteiger partial charge in [-0.3, -0.25) is 4.99 Å². The number of aliphatic imine (C=N–C) groups is 1. The fourth-order valence-corrected chi connectivity index (χ4v) is 1.85. The first kappa shape index (κ1) is 17.9. The van der Waals surface area contributed by atoms with Gasteiger partial charge in [-0.2, -0.15) is 0 Å². The highest BCUT2D eigenvalue weighted by Crippen LogP contribution is 2.15. The molecule has 0 aliphatic rings. The van der Waals surface area contributed by atoms with E-state index in [1.807, 2.05) is 63.0 Å². The Morgan fingerprint density at radius 2 is 2.00 bits per heavy atom. The summed E-state index contributed by atoms with van der Waals surface area (Å²) in [5, 5.41) is 0. The summed E-state index contributed by atoms with van der Waals surface area (Å²) in [6.45, 7) is 5.97. The highest BCUT2D eigenvalue weighted by atomic mass is 27.2. The van der Waals surface area contributed by atoms with Crippen LogP contribution in [0, 0.1) is 0 Å². The number of hydrogen-bond acceptors (Lipinski definition) is 3. The van der Waals surface area contributed by atoms with Gasteiger partial charge in [0.25, 0.3) is 0 Å². The Morgan fingerprint density at radius 3 is 2.58 bits per heavy atom.